The number of piperidine rings is 1. The first-order valence-corrected chi connectivity index (χ1v) is 13.3. The lowest BCUT2D eigenvalue weighted by Gasteiger charge is -2.52. The molecular weight excluding hydrogens is 382 g/mol. The van der Waals surface area contributed by atoms with Gasteiger partial charge < -0.3 is 10.0 Å². The van der Waals surface area contributed by atoms with Gasteiger partial charge in [0.25, 0.3) is 0 Å². The average Bonchev–Trinajstić information content (AvgIpc) is 3.10. The highest BCUT2D eigenvalue weighted by atomic mass is 16.3. The van der Waals surface area contributed by atoms with Crippen molar-refractivity contribution < 1.29 is 9.90 Å². The number of nitrogens with zero attached hydrogens (tertiary/aromatic N) is 1. The predicted octanol–water partition coefficient (Wildman–Crippen LogP) is 5.47. The minimum Gasteiger partial charge on any atom is -0.393 e. The fraction of sp³-hybridized carbons (Fsp3) is 0.893. The van der Waals surface area contributed by atoms with E-state index in [2.05, 4.69) is 39.6 Å². The van der Waals surface area contributed by atoms with Gasteiger partial charge in [0.1, 0.15) is 5.78 Å². The molecule has 1 heterocycles. The Bertz CT molecular complexity index is 758. The van der Waals surface area contributed by atoms with Gasteiger partial charge in [-0.25, -0.2) is 0 Å². The summed E-state index contributed by atoms with van der Waals surface area (Å²) >= 11 is 0. The Hall–Kier alpha value is -0.670. The molecule has 1 aliphatic heterocycles. The Morgan fingerprint density at radius 3 is 2.65 bits per heavy atom. The van der Waals surface area contributed by atoms with Crippen LogP contribution in [-0.4, -0.2) is 41.5 Å². The van der Waals surface area contributed by atoms with Crippen LogP contribution in [0.2, 0.25) is 0 Å². The van der Waals surface area contributed by atoms with Crippen LogP contribution >= 0.6 is 0 Å². The number of hydrogen-bond donors (Lipinski definition) is 1. The average molecular weight is 428 g/mol. The molecule has 0 aromatic carbocycles. The van der Waals surface area contributed by atoms with Gasteiger partial charge in [-0.3, -0.25) is 4.79 Å². The number of ketones is 1. The van der Waals surface area contributed by atoms with Gasteiger partial charge in [-0.1, -0.05) is 31.9 Å². The van der Waals surface area contributed by atoms with Crippen LogP contribution in [-0.2, 0) is 4.79 Å². The summed E-state index contributed by atoms with van der Waals surface area (Å²) in [6, 6.07) is 0.722. The number of likely N-dealkylation sites (tertiary alicyclic amines) is 1. The second-order valence-electron chi connectivity index (χ2n) is 12.7. The summed E-state index contributed by atoms with van der Waals surface area (Å²) in [5.74, 6) is 4.74. The highest BCUT2D eigenvalue weighted by Crippen LogP contribution is 2.64. The van der Waals surface area contributed by atoms with Crippen molar-refractivity contribution in [1.29, 1.82) is 0 Å². The SMILES string of the molecule is CC1=C2C[C@H]3[C@@H](CC(=O)[C@H]4C[C@@H](O)CC[C@@]43C)[C@@H]2CC[C@H]1[C@H](C)[C@H]1CC[C@H](C)CN1C. The van der Waals surface area contributed by atoms with E-state index in [-0.39, 0.29) is 17.4 Å². The first-order chi connectivity index (χ1) is 14.7. The Morgan fingerprint density at radius 2 is 1.90 bits per heavy atom. The molecule has 4 fully saturated rings. The molecule has 0 unspecified atom stereocenters. The molecule has 31 heavy (non-hydrogen) atoms. The first kappa shape index (κ1) is 22.1. The number of aliphatic hydroxyl groups excluding tert-OH is 1. The van der Waals surface area contributed by atoms with E-state index in [9.17, 15) is 9.90 Å². The fourth-order valence-electron chi connectivity index (χ4n) is 9.35. The second kappa shape index (κ2) is 7.97. The van der Waals surface area contributed by atoms with E-state index in [0.29, 0.717) is 30.0 Å². The van der Waals surface area contributed by atoms with Gasteiger partial charge in [0.2, 0.25) is 0 Å². The molecule has 3 heteroatoms. The summed E-state index contributed by atoms with van der Waals surface area (Å²) in [4.78, 5) is 15.8. The van der Waals surface area contributed by atoms with Crippen molar-refractivity contribution in [2.75, 3.05) is 13.6 Å². The fourth-order valence-corrected chi connectivity index (χ4v) is 9.35. The third kappa shape index (κ3) is 3.48. The number of hydrogen-bond acceptors (Lipinski definition) is 3. The van der Waals surface area contributed by atoms with Crippen molar-refractivity contribution in [3.63, 3.8) is 0 Å². The summed E-state index contributed by atoms with van der Waals surface area (Å²) in [7, 11) is 2.35. The molecule has 4 aliphatic carbocycles. The van der Waals surface area contributed by atoms with Crippen LogP contribution in [0.25, 0.3) is 0 Å². The number of carbonyl (C=O) groups is 1. The Kier molecular flexibility index (Phi) is 5.70. The van der Waals surface area contributed by atoms with Gasteiger partial charge in [-0.2, -0.15) is 0 Å². The van der Waals surface area contributed by atoms with Gasteiger partial charge in [0, 0.05) is 24.9 Å². The largest absolute Gasteiger partial charge is 0.393 e. The van der Waals surface area contributed by atoms with Crippen LogP contribution in [0.3, 0.4) is 0 Å². The molecule has 0 aromatic heterocycles. The van der Waals surface area contributed by atoms with E-state index < -0.39 is 0 Å². The van der Waals surface area contributed by atoms with E-state index in [1.54, 1.807) is 11.1 Å². The summed E-state index contributed by atoms with van der Waals surface area (Å²) in [6.45, 7) is 11.0. The zero-order valence-electron chi connectivity index (χ0n) is 20.6. The zero-order valence-corrected chi connectivity index (χ0v) is 20.6. The monoisotopic (exact) mass is 427 g/mol. The third-order valence-electron chi connectivity index (χ3n) is 11.1. The highest BCUT2D eigenvalue weighted by molar-refractivity contribution is 5.83. The van der Waals surface area contributed by atoms with Crippen LogP contribution in [0.1, 0.15) is 85.5 Å². The quantitative estimate of drug-likeness (QED) is 0.594. The lowest BCUT2D eigenvalue weighted by molar-refractivity contribution is -0.145. The Morgan fingerprint density at radius 1 is 1.13 bits per heavy atom. The molecule has 3 nitrogen and oxygen atoms in total. The number of fused-ring (bicyclic) bond motifs is 5. The van der Waals surface area contributed by atoms with Crippen molar-refractivity contribution in [3.05, 3.63) is 11.1 Å². The van der Waals surface area contributed by atoms with Crippen LogP contribution in [0.4, 0.5) is 0 Å². The minimum atomic E-state index is -0.261. The molecule has 3 saturated carbocycles. The van der Waals surface area contributed by atoms with Gasteiger partial charge in [0.05, 0.1) is 6.10 Å². The zero-order chi connectivity index (χ0) is 22.1. The normalized spacial score (nSPS) is 49.4. The van der Waals surface area contributed by atoms with E-state index in [1.165, 1.54) is 38.6 Å². The summed E-state index contributed by atoms with van der Waals surface area (Å²) in [6.07, 6.45) is 9.74. The number of carbonyl (C=O) groups excluding carboxylic acids is 1. The van der Waals surface area contributed by atoms with E-state index in [0.717, 1.165) is 43.1 Å². The second-order valence-corrected chi connectivity index (χ2v) is 12.7. The molecule has 0 aromatic rings. The molecule has 5 rings (SSSR count). The smallest absolute Gasteiger partial charge is 0.136 e. The maximum Gasteiger partial charge on any atom is 0.136 e. The van der Waals surface area contributed by atoms with Crippen LogP contribution in [0.15, 0.2) is 11.1 Å². The molecule has 0 spiro atoms. The maximum absolute atomic E-state index is 13.2. The number of allylic oxidation sites excluding steroid dienone is 2. The van der Waals surface area contributed by atoms with E-state index >= 15 is 0 Å². The lowest BCUT2D eigenvalue weighted by atomic mass is 9.51. The molecule has 1 saturated heterocycles. The molecule has 10 atom stereocenters. The van der Waals surface area contributed by atoms with E-state index in [1.807, 2.05) is 0 Å². The Balaban J connectivity index is 1.40. The molecule has 1 N–H and O–H groups in total. The third-order valence-corrected chi connectivity index (χ3v) is 11.1. The Labute approximate surface area is 190 Å². The van der Waals surface area contributed by atoms with Crippen molar-refractivity contribution in [3.8, 4) is 0 Å². The van der Waals surface area contributed by atoms with Crippen LogP contribution < -0.4 is 0 Å². The number of Topliss-reactive ketones (excluding diaryl/α,β-unsaturated/α-hetero) is 1. The van der Waals surface area contributed by atoms with Crippen LogP contribution in [0, 0.1) is 46.8 Å². The van der Waals surface area contributed by atoms with E-state index in [4.69, 9.17) is 0 Å². The molecule has 0 amide bonds. The van der Waals surface area contributed by atoms with Crippen molar-refractivity contribution >= 4 is 5.78 Å². The summed E-state index contributed by atoms with van der Waals surface area (Å²) < 4.78 is 0. The summed E-state index contributed by atoms with van der Waals surface area (Å²) in [5, 5.41) is 10.3. The topological polar surface area (TPSA) is 40.5 Å². The standard InChI is InChI=1S/C28H45NO2/c1-16-6-9-26(29(5)15-16)18(3)20-7-8-21-22(17(20)2)13-24-23(21)14-27(31)25-12-19(30)10-11-28(24,25)4/h16,18-21,23-26,30H,6-15H2,1-5H3/t16-,18-,19-,20+,21+,23-,24-,25+,26+,28+/m0/s1. The van der Waals surface area contributed by atoms with Gasteiger partial charge in [0.15, 0.2) is 0 Å². The van der Waals surface area contributed by atoms with Crippen molar-refractivity contribution in [2.45, 2.75) is 97.6 Å². The highest BCUT2D eigenvalue weighted by Gasteiger charge is 2.59. The van der Waals surface area contributed by atoms with Gasteiger partial charge in [-0.05, 0) is 106 Å². The van der Waals surface area contributed by atoms with Gasteiger partial charge >= 0.3 is 0 Å². The number of aliphatic hydroxyl groups is 1. The molecule has 5 aliphatic rings. The van der Waals surface area contributed by atoms with Crippen molar-refractivity contribution in [1.82, 2.24) is 4.90 Å². The molecule has 0 radical (unpaired) electrons. The lowest BCUT2D eigenvalue weighted by Crippen LogP contribution is -2.51. The van der Waals surface area contributed by atoms with Crippen LogP contribution in [0.5, 0.6) is 0 Å². The number of rotatable bonds is 2. The predicted molar refractivity (Wildman–Crippen MR) is 126 cm³/mol. The first-order valence-electron chi connectivity index (χ1n) is 13.3. The van der Waals surface area contributed by atoms with Gasteiger partial charge in [-0.15, -0.1) is 0 Å². The maximum atomic E-state index is 13.2. The molecule has 0 bridgehead atoms. The van der Waals surface area contributed by atoms with Crippen molar-refractivity contribution in [2.24, 2.45) is 46.8 Å². The molecular formula is C28H45NO2. The summed E-state index contributed by atoms with van der Waals surface area (Å²) in [5.41, 5.74) is 3.57. The molecule has 174 valence electrons. The minimum absolute atomic E-state index is 0.103.